The number of nitrogens with zero attached hydrogens (tertiary/aromatic N) is 2. The zero-order chi connectivity index (χ0) is 14.8. The van der Waals surface area contributed by atoms with Gasteiger partial charge in [-0.3, -0.25) is 4.98 Å². The largest absolute Gasteiger partial charge is 0.477 e. The molecular formula is C15H9ClN2O3. The summed E-state index contributed by atoms with van der Waals surface area (Å²) in [4.78, 5) is 19.3. The summed E-state index contributed by atoms with van der Waals surface area (Å²) in [5, 5.41) is 10.2. The second-order valence-electron chi connectivity index (χ2n) is 4.26. The van der Waals surface area contributed by atoms with Crippen LogP contribution in [0.3, 0.4) is 0 Å². The van der Waals surface area contributed by atoms with Gasteiger partial charge in [-0.1, -0.05) is 29.8 Å². The molecule has 0 aliphatic rings. The lowest BCUT2D eigenvalue weighted by Gasteiger charge is -2.08. The molecule has 0 saturated heterocycles. The van der Waals surface area contributed by atoms with Gasteiger partial charge in [0.2, 0.25) is 5.88 Å². The third-order valence-corrected chi connectivity index (χ3v) is 3.05. The van der Waals surface area contributed by atoms with Crippen molar-refractivity contribution >= 4 is 28.5 Å². The van der Waals surface area contributed by atoms with E-state index < -0.39 is 5.97 Å². The number of para-hydroxylation sites is 1. The lowest BCUT2D eigenvalue weighted by atomic mass is 10.2. The van der Waals surface area contributed by atoms with Crippen LogP contribution in [0.2, 0.25) is 5.15 Å². The first-order valence-electron chi connectivity index (χ1n) is 6.06. The highest BCUT2D eigenvalue weighted by Gasteiger charge is 2.14. The quantitative estimate of drug-likeness (QED) is 0.745. The molecule has 0 fully saturated rings. The summed E-state index contributed by atoms with van der Waals surface area (Å²) >= 11 is 5.78. The minimum Gasteiger partial charge on any atom is -0.477 e. The molecule has 104 valence electrons. The Kier molecular flexibility index (Phi) is 3.41. The fourth-order valence-corrected chi connectivity index (χ4v) is 2.02. The normalized spacial score (nSPS) is 10.5. The predicted octanol–water partition coefficient (Wildman–Crippen LogP) is 3.77. The maximum absolute atomic E-state index is 11.2. The number of hydrogen-bond donors (Lipinski definition) is 1. The average molecular weight is 301 g/mol. The van der Waals surface area contributed by atoms with Gasteiger partial charge < -0.3 is 9.84 Å². The van der Waals surface area contributed by atoms with Gasteiger partial charge in [-0.2, -0.15) is 0 Å². The Labute approximate surface area is 124 Å². The van der Waals surface area contributed by atoms with E-state index in [-0.39, 0.29) is 16.6 Å². The van der Waals surface area contributed by atoms with Crippen LogP contribution in [0.15, 0.2) is 48.7 Å². The zero-order valence-electron chi connectivity index (χ0n) is 10.7. The monoisotopic (exact) mass is 300 g/mol. The Balaban J connectivity index is 2.02. The fourth-order valence-electron chi connectivity index (χ4n) is 1.88. The van der Waals surface area contributed by atoms with E-state index in [0.29, 0.717) is 5.75 Å². The van der Waals surface area contributed by atoms with E-state index in [9.17, 15) is 4.79 Å². The van der Waals surface area contributed by atoms with Crippen LogP contribution >= 0.6 is 11.6 Å². The first-order valence-corrected chi connectivity index (χ1v) is 6.44. The fraction of sp³-hybridized carbons (Fsp3) is 0. The molecule has 0 aliphatic heterocycles. The van der Waals surface area contributed by atoms with E-state index in [1.54, 1.807) is 6.07 Å². The van der Waals surface area contributed by atoms with Crippen molar-refractivity contribution in [3.63, 3.8) is 0 Å². The lowest BCUT2D eigenvalue weighted by molar-refractivity contribution is 0.0693. The highest BCUT2D eigenvalue weighted by molar-refractivity contribution is 6.29. The van der Waals surface area contributed by atoms with Gasteiger partial charge in [-0.05, 0) is 24.3 Å². The average Bonchev–Trinajstić information content (AvgIpc) is 2.47. The van der Waals surface area contributed by atoms with Crippen molar-refractivity contribution in [1.82, 2.24) is 9.97 Å². The van der Waals surface area contributed by atoms with Crippen LogP contribution < -0.4 is 4.74 Å². The molecule has 3 rings (SSSR count). The molecule has 0 radical (unpaired) electrons. The zero-order valence-corrected chi connectivity index (χ0v) is 11.4. The summed E-state index contributed by atoms with van der Waals surface area (Å²) in [6.07, 6.45) is 1.51. The maximum Gasteiger partial charge on any atom is 0.341 e. The number of fused-ring (bicyclic) bond motifs is 1. The van der Waals surface area contributed by atoms with Gasteiger partial charge in [0.1, 0.15) is 16.5 Å². The summed E-state index contributed by atoms with van der Waals surface area (Å²) in [7, 11) is 0. The first kappa shape index (κ1) is 13.3. The second-order valence-corrected chi connectivity index (χ2v) is 4.64. The minimum atomic E-state index is -1.14. The van der Waals surface area contributed by atoms with Gasteiger partial charge in [0.05, 0.1) is 11.7 Å². The SMILES string of the molecule is O=C(O)c1ccc(Cl)nc1Oc1cnc2ccccc2c1. The van der Waals surface area contributed by atoms with Crippen LogP contribution in [0.1, 0.15) is 10.4 Å². The van der Waals surface area contributed by atoms with Crippen molar-refractivity contribution in [3.05, 3.63) is 59.4 Å². The number of aromatic carboxylic acids is 1. The smallest absolute Gasteiger partial charge is 0.341 e. The summed E-state index contributed by atoms with van der Waals surface area (Å²) < 4.78 is 5.52. The Morgan fingerprint density at radius 2 is 2.00 bits per heavy atom. The summed E-state index contributed by atoms with van der Waals surface area (Å²) in [5.41, 5.74) is 0.759. The molecule has 0 spiro atoms. The van der Waals surface area contributed by atoms with E-state index in [1.807, 2.05) is 24.3 Å². The molecule has 1 N–H and O–H groups in total. The molecule has 0 bridgehead atoms. The van der Waals surface area contributed by atoms with E-state index in [2.05, 4.69) is 9.97 Å². The van der Waals surface area contributed by atoms with Crippen molar-refractivity contribution < 1.29 is 14.6 Å². The number of rotatable bonds is 3. The minimum absolute atomic E-state index is 0.0624. The number of carboxylic acid groups (broad SMARTS) is 1. The molecule has 0 atom stereocenters. The molecule has 2 heterocycles. The van der Waals surface area contributed by atoms with E-state index in [4.69, 9.17) is 21.4 Å². The first-order chi connectivity index (χ1) is 10.1. The van der Waals surface area contributed by atoms with Crippen LogP contribution in [-0.4, -0.2) is 21.0 Å². The molecular weight excluding hydrogens is 292 g/mol. The van der Waals surface area contributed by atoms with Gasteiger partial charge in [0, 0.05) is 5.39 Å². The van der Waals surface area contributed by atoms with Crippen molar-refractivity contribution in [2.24, 2.45) is 0 Å². The van der Waals surface area contributed by atoms with Crippen molar-refractivity contribution in [3.8, 4) is 11.6 Å². The molecule has 21 heavy (non-hydrogen) atoms. The molecule has 6 heteroatoms. The number of carbonyl (C=O) groups is 1. The number of ether oxygens (including phenoxy) is 1. The Morgan fingerprint density at radius 1 is 1.19 bits per heavy atom. The van der Waals surface area contributed by atoms with Gasteiger partial charge in [0.15, 0.2) is 0 Å². The van der Waals surface area contributed by atoms with E-state index >= 15 is 0 Å². The van der Waals surface area contributed by atoms with Gasteiger partial charge in [0.25, 0.3) is 0 Å². The van der Waals surface area contributed by atoms with Crippen LogP contribution in [0.4, 0.5) is 0 Å². The highest BCUT2D eigenvalue weighted by atomic mass is 35.5. The molecule has 1 aromatic carbocycles. The number of halogens is 1. The Morgan fingerprint density at radius 3 is 2.81 bits per heavy atom. The standard InChI is InChI=1S/C15H9ClN2O3/c16-13-6-5-11(15(19)20)14(18-13)21-10-7-9-3-1-2-4-12(9)17-8-10/h1-8H,(H,19,20). The van der Waals surface area contributed by atoms with Crippen molar-refractivity contribution in [2.75, 3.05) is 0 Å². The predicted molar refractivity (Wildman–Crippen MR) is 78.0 cm³/mol. The number of hydrogen-bond acceptors (Lipinski definition) is 4. The lowest BCUT2D eigenvalue weighted by Crippen LogP contribution is -2.02. The van der Waals surface area contributed by atoms with Gasteiger partial charge in [-0.15, -0.1) is 0 Å². The third-order valence-electron chi connectivity index (χ3n) is 2.84. The molecule has 0 unspecified atom stereocenters. The molecule has 5 nitrogen and oxygen atoms in total. The molecule has 0 aliphatic carbocycles. The highest BCUT2D eigenvalue weighted by Crippen LogP contribution is 2.26. The second kappa shape index (κ2) is 5.38. The number of carboxylic acids is 1. The summed E-state index contributed by atoms with van der Waals surface area (Å²) in [6.45, 7) is 0. The number of benzene rings is 1. The van der Waals surface area contributed by atoms with E-state index in [1.165, 1.54) is 18.3 Å². The van der Waals surface area contributed by atoms with E-state index in [0.717, 1.165) is 10.9 Å². The molecule has 0 saturated carbocycles. The van der Waals surface area contributed by atoms with Crippen molar-refractivity contribution in [2.45, 2.75) is 0 Å². The van der Waals surface area contributed by atoms with Gasteiger partial charge >= 0.3 is 5.97 Å². The summed E-state index contributed by atoms with van der Waals surface area (Å²) in [5.74, 6) is -0.805. The summed E-state index contributed by atoms with van der Waals surface area (Å²) in [6, 6.07) is 12.0. The van der Waals surface area contributed by atoms with Crippen LogP contribution in [-0.2, 0) is 0 Å². The molecule has 3 aromatic rings. The number of aromatic nitrogens is 2. The maximum atomic E-state index is 11.2. The Bertz CT molecular complexity index is 836. The number of pyridine rings is 2. The van der Waals surface area contributed by atoms with Crippen LogP contribution in [0.5, 0.6) is 11.6 Å². The third kappa shape index (κ3) is 2.78. The Hall–Kier alpha value is -2.66. The van der Waals surface area contributed by atoms with Gasteiger partial charge in [-0.25, -0.2) is 9.78 Å². The molecule has 2 aromatic heterocycles. The topological polar surface area (TPSA) is 72.3 Å². The molecule has 0 amide bonds. The van der Waals surface area contributed by atoms with Crippen molar-refractivity contribution in [1.29, 1.82) is 0 Å². The van der Waals surface area contributed by atoms with Crippen LogP contribution in [0, 0.1) is 0 Å². The van der Waals surface area contributed by atoms with Crippen LogP contribution in [0.25, 0.3) is 10.9 Å².